The number of anilines is 1. The van der Waals surface area contributed by atoms with Gasteiger partial charge in [-0.25, -0.2) is 8.78 Å². The number of benzene rings is 1. The Bertz CT molecular complexity index is 881. The molecule has 1 aromatic carbocycles. The minimum Gasteiger partial charge on any atom is -0.293 e. The van der Waals surface area contributed by atoms with Gasteiger partial charge in [-0.3, -0.25) is 20.2 Å². The molecule has 0 aliphatic heterocycles. The zero-order valence-electron chi connectivity index (χ0n) is 13.2. The Morgan fingerprint density at radius 3 is 2.76 bits per heavy atom. The number of rotatable bonds is 6. The maximum absolute atomic E-state index is 13.2. The molecule has 2 aromatic heterocycles. The number of carbonyl (C=O) groups is 1. The van der Waals surface area contributed by atoms with Crippen LogP contribution >= 0.6 is 0 Å². The number of aryl methyl sites for hydroxylation is 1. The average molecular weight is 343 g/mol. The highest BCUT2D eigenvalue weighted by Crippen LogP contribution is 2.10. The van der Waals surface area contributed by atoms with Gasteiger partial charge in [-0.15, -0.1) is 5.10 Å². The molecule has 8 heteroatoms. The van der Waals surface area contributed by atoms with Crippen molar-refractivity contribution in [3.05, 3.63) is 71.3 Å². The highest BCUT2D eigenvalue weighted by Gasteiger charge is 2.09. The Kier molecular flexibility index (Phi) is 5.08. The molecule has 0 bridgehead atoms. The quantitative estimate of drug-likeness (QED) is 0.721. The van der Waals surface area contributed by atoms with Crippen LogP contribution in [-0.4, -0.2) is 26.1 Å². The van der Waals surface area contributed by atoms with E-state index in [1.165, 1.54) is 24.4 Å². The fourth-order valence-corrected chi connectivity index (χ4v) is 2.31. The summed E-state index contributed by atoms with van der Waals surface area (Å²) in [5.41, 5.74) is 1.38. The summed E-state index contributed by atoms with van der Waals surface area (Å²) in [6, 6.07) is 7.50. The van der Waals surface area contributed by atoms with Gasteiger partial charge in [-0.1, -0.05) is 12.1 Å². The molecule has 128 valence electrons. The van der Waals surface area contributed by atoms with Crippen molar-refractivity contribution in [1.29, 1.82) is 0 Å². The number of carbonyl (C=O) groups excluding carboxylic acids is 1. The minimum atomic E-state index is -0.436. The van der Waals surface area contributed by atoms with Crippen molar-refractivity contribution in [2.45, 2.75) is 19.3 Å². The summed E-state index contributed by atoms with van der Waals surface area (Å²) in [6.45, 7) is 0. The first-order valence-electron chi connectivity index (χ1n) is 7.63. The summed E-state index contributed by atoms with van der Waals surface area (Å²) >= 11 is 0. The molecule has 0 saturated heterocycles. The van der Waals surface area contributed by atoms with E-state index in [2.05, 4.69) is 25.5 Å². The molecule has 0 aliphatic rings. The van der Waals surface area contributed by atoms with Crippen LogP contribution in [-0.2, 0) is 17.6 Å². The lowest BCUT2D eigenvalue weighted by Crippen LogP contribution is -2.13. The first-order valence-corrected chi connectivity index (χ1v) is 7.63. The third-order valence-electron chi connectivity index (χ3n) is 3.45. The molecule has 0 spiro atoms. The van der Waals surface area contributed by atoms with Gasteiger partial charge in [0.1, 0.15) is 17.5 Å². The van der Waals surface area contributed by atoms with Gasteiger partial charge >= 0.3 is 0 Å². The summed E-state index contributed by atoms with van der Waals surface area (Å²) in [5.74, 6) is -0.393. The van der Waals surface area contributed by atoms with Gasteiger partial charge in [0.05, 0.1) is 6.20 Å². The SMILES string of the molecule is O=C(CCc1cncc(F)c1)Nc1n[nH]c(Cc2cccc(F)c2)n1. The van der Waals surface area contributed by atoms with Crippen LogP contribution in [0.15, 0.2) is 42.7 Å². The number of amides is 1. The van der Waals surface area contributed by atoms with E-state index in [9.17, 15) is 13.6 Å². The fraction of sp³-hybridized carbons (Fsp3) is 0.176. The Morgan fingerprint density at radius 1 is 1.12 bits per heavy atom. The van der Waals surface area contributed by atoms with Gasteiger partial charge in [-0.2, -0.15) is 4.98 Å². The number of aromatic amines is 1. The molecule has 3 aromatic rings. The van der Waals surface area contributed by atoms with Crippen molar-refractivity contribution in [1.82, 2.24) is 20.2 Å². The van der Waals surface area contributed by atoms with Gasteiger partial charge in [0, 0.05) is 19.0 Å². The first-order chi connectivity index (χ1) is 12.1. The number of halogens is 2. The molecule has 0 fully saturated rings. The van der Waals surface area contributed by atoms with Gasteiger partial charge in [0.2, 0.25) is 11.9 Å². The number of nitrogens with zero attached hydrogens (tertiary/aromatic N) is 3. The summed E-state index contributed by atoms with van der Waals surface area (Å²) in [7, 11) is 0. The van der Waals surface area contributed by atoms with Gasteiger partial charge in [0.15, 0.2) is 0 Å². The molecule has 2 N–H and O–H groups in total. The molecule has 0 saturated carbocycles. The lowest BCUT2D eigenvalue weighted by atomic mass is 10.1. The lowest BCUT2D eigenvalue weighted by molar-refractivity contribution is -0.116. The number of hydrogen-bond donors (Lipinski definition) is 2. The van der Waals surface area contributed by atoms with Crippen LogP contribution < -0.4 is 5.32 Å². The number of aromatic nitrogens is 4. The van der Waals surface area contributed by atoms with Crippen molar-refractivity contribution in [3.8, 4) is 0 Å². The Labute approximate surface area is 142 Å². The van der Waals surface area contributed by atoms with Crippen LogP contribution in [0.4, 0.5) is 14.7 Å². The van der Waals surface area contributed by atoms with Gasteiger partial charge in [0.25, 0.3) is 0 Å². The Balaban J connectivity index is 1.53. The summed E-state index contributed by atoms with van der Waals surface area (Å²) in [4.78, 5) is 19.8. The highest BCUT2D eigenvalue weighted by molar-refractivity contribution is 5.88. The molecule has 25 heavy (non-hydrogen) atoms. The van der Waals surface area contributed by atoms with Crippen molar-refractivity contribution in [2.75, 3.05) is 5.32 Å². The zero-order chi connectivity index (χ0) is 17.6. The van der Waals surface area contributed by atoms with Crippen LogP contribution in [0.2, 0.25) is 0 Å². The second kappa shape index (κ2) is 7.61. The average Bonchev–Trinajstić information content (AvgIpc) is 3.00. The number of H-pyrrole nitrogens is 1. The first kappa shape index (κ1) is 16.7. The van der Waals surface area contributed by atoms with Crippen LogP contribution in [0.25, 0.3) is 0 Å². The molecule has 6 nitrogen and oxygen atoms in total. The molecule has 2 heterocycles. The van der Waals surface area contributed by atoms with E-state index < -0.39 is 5.82 Å². The van der Waals surface area contributed by atoms with Crippen molar-refractivity contribution >= 4 is 11.9 Å². The molecular weight excluding hydrogens is 328 g/mol. The number of pyridine rings is 1. The summed E-state index contributed by atoms with van der Waals surface area (Å²) in [6.07, 6.45) is 3.50. The molecule has 1 amide bonds. The smallest absolute Gasteiger partial charge is 0.248 e. The Morgan fingerprint density at radius 2 is 1.96 bits per heavy atom. The van der Waals surface area contributed by atoms with E-state index in [1.54, 1.807) is 12.1 Å². The van der Waals surface area contributed by atoms with Crippen LogP contribution in [0.3, 0.4) is 0 Å². The minimum absolute atomic E-state index is 0.147. The van der Waals surface area contributed by atoms with Crippen LogP contribution in [0, 0.1) is 11.6 Å². The molecule has 0 unspecified atom stereocenters. The van der Waals surface area contributed by atoms with Crippen molar-refractivity contribution in [2.24, 2.45) is 0 Å². The zero-order valence-corrected chi connectivity index (χ0v) is 13.2. The maximum Gasteiger partial charge on any atom is 0.248 e. The molecule has 0 aliphatic carbocycles. The van der Waals surface area contributed by atoms with E-state index in [0.29, 0.717) is 24.2 Å². The largest absolute Gasteiger partial charge is 0.293 e. The number of nitrogens with one attached hydrogen (secondary N) is 2. The molecule has 3 rings (SSSR count). The van der Waals surface area contributed by atoms with Crippen LogP contribution in [0.1, 0.15) is 23.4 Å². The van der Waals surface area contributed by atoms with Gasteiger partial charge in [-0.05, 0) is 35.7 Å². The second-order valence-corrected chi connectivity index (χ2v) is 5.47. The Hall–Kier alpha value is -3.16. The summed E-state index contributed by atoms with van der Waals surface area (Å²) < 4.78 is 26.2. The number of hydrogen-bond acceptors (Lipinski definition) is 4. The monoisotopic (exact) mass is 343 g/mol. The van der Waals surface area contributed by atoms with E-state index in [1.807, 2.05) is 0 Å². The third kappa shape index (κ3) is 4.90. The topological polar surface area (TPSA) is 83.6 Å². The summed E-state index contributed by atoms with van der Waals surface area (Å²) in [5, 5.41) is 9.18. The van der Waals surface area contributed by atoms with Crippen molar-refractivity contribution < 1.29 is 13.6 Å². The predicted molar refractivity (Wildman–Crippen MR) is 86.7 cm³/mol. The standard InChI is InChI=1S/C17H15F2N5O/c18-13-3-1-2-11(6-13)8-15-21-17(24-23-15)22-16(25)5-4-12-7-14(19)10-20-9-12/h1-3,6-7,9-10H,4-5,8H2,(H2,21,22,23,24,25). The molecule has 0 radical (unpaired) electrons. The normalized spacial score (nSPS) is 10.6. The molecule has 0 atom stereocenters. The van der Waals surface area contributed by atoms with E-state index in [4.69, 9.17) is 0 Å². The van der Waals surface area contributed by atoms with Crippen LogP contribution in [0.5, 0.6) is 0 Å². The third-order valence-corrected chi connectivity index (χ3v) is 3.45. The maximum atomic E-state index is 13.2. The van der Waals surface area contributed by atoms with E-state index in [-0.39, 0.29) is 24.1 Å². The lowest BCUT2D eigenvalue weighted by Gasteiger charge is -2.01. The highest BCUT2D eigenvalue weighted by atomic mass is 19.1. The van der Waals surface area contributed by atoms with Crippen molar-refractivity contribution in [3.63, 3.8) is 0 Å². The molecular formula is C17H15F2N5O. The van der Waals surface area contributed by atoms with E-state index >= 15 is 0 Å². The van der Waals surface area contributed by atoms with Gasteiger partial charge < -0.3 is 0 Å². The second-order valence-electron chi connectivity index (χ2n) is 5.47. The predicted octanol–water partition coefficient (Wildman–Crippen LogP) is 2.64. The fourth-order valence-electron chi connectivity index (χ4n) is 2.31. The van der Waals surface area contributed by atoms with E-state index in [0.717, 1.165) is 11.8 Å².